The molecule has 0 saturated heterocycles. The predicted octanol–water partition coefficient (Wildman–Crippen LogP) is 4.44. The van der Waals surface area contributed by atoms with Crippen LogP contribution < -0.4 is 0 Å². The van der Waals surface area contributed by atoms with Crippen molar-refractivity contribution in [2.45, 2.75) is 19.3 Å². The lowest BCUT2D eigenvalue weighted by Crippen LogP contribution is -2.18. The maximum absolute atomic E-state index is 14.2. The zero-order chi connectivity index (χ0) is 15.6. The molecular weight excluding hydrogens is 284 g/mol. The molecule has 0 fully saturated rings. The van der Waals surface area contributed by atoms with E-state index in [1.54, 1.807) is 24.3 Å². The van der Waals surface area contributed by atoms with Gasteiger partial charge in [0, 0.05) is 17.7 Å². The van der Waals surface area contributed by atoms with E-state index >= 15 is 0 Å². The Bertz CT molecular complexity index is 752. The lowest BCUT2D eigenvalue weighted by Gasteiger charge is -2.16. The molecule has 0 N–H and O–H groups in total. The molecule has 0 bridgehead atoms. The number of para-hydroxylation sites is 1. The third kappa shape index (κ3) is 2.50. The van der Waals surface area contributed by atoms with Crippen LogP contribution in [0, 0.1) is 0 Å². The van der Waals surface area contributed by atoms with Gasteiger partial charge in [0.15, 0.2) is 5.82 Å². The van der Waals surface area contributed by atoms with E-state index in [1.165, 1.54) is 11.5 Å². The molecule has 22 heavy (non-hydrogen) atoms. The number of nitrogens with zero attached hydrogens (tertiary/aromatic N) is 3. The summed E-state index contributed by atoms with van der Waals surface area (Å²) < 4.78 is 29.9. The van der Waals surface area contributed by atoms with Crippen molar-refractivity contribution < 1.29 is 8.78 Å². The summed E-state index contributed by atoms with van der Waals surface area (Å²) >= 11 is 0. The summed E-state index contributed by atoms with van der Waals surface area (Å²) in [6.07, 6.45) is -0.327. The highest BCUT2D eigenvalue weighted by Crippen LogP contribution is 2.34. The molecule has 3 aromatic rings. The zero-order valence-electron chi connectivity index (χ0n) is 12.1. The van der Waals surface area contributed by atoms with E-state index in [1.807, 2.05) is 36.4 Å². The Kier molecular flexibility index (Phi) is 3.71. The molecule has 0 unspecified atom stereocenters. The minimum atomic E-state index is -3.03. The second-order valence-corrected chi connectivity index (χ2v) is 4.94. The maximum Gasteiger partial charge on any atom is 0.306 e. The van der Waals surface area contributed by atoms with Gasteiger partial charge < -0.3 is 0 Å². The Hall–Kier alpha value is -2.56. The van der Waals surface area contributed by atoms with Crippen LogP contribution in [0.1, 0.15) is 19.2 Å². The van der Waals surface area contributed by atoms with Crippen molar-refractivity contribution in [3.8, 4) is 17.1 Å². The normalized spacial score (nSPS) is 11.6. The molecular formula is C17H15F2N3. The monoisotopic (exact) mass is 299 g/mol. The molecule has 2 aromatic carbocycles. The molecule has 0 saturated carbocycles. The summed E-state index contributed by atoms with van der Waals surface area (Å²) in [6, 6.07) is 18.2. The van der Waals surface area contributed by atoms with Crippen molar-refractivity contribution in [1.29, 1.82) is 0 Å². The van der Waals surface area contributed by atoms with Crippen molar-refractivity contribution in [3.63, 3.8) is 0 Å². The number of aromatic nitrogens is 3. The number of benzene rings is 2. The summed E-state index contributed by atoms with van der Waals surface area (Å²) in [5, 5.41) is 7.78. The number of halogens is 2. The molecule has 3 nitrogen and oxygen atoms in total. The van der Waals surface area contributed by atoms with Gasteiger partial charge in [0.05, 0.1) is 0 Å². The third-order valence-corrected chi connectivity index (χ3v) is 3.48. The SMILES string of the molecule is CCC(F)(F)c1nnc(-c2ccccc2)n1-c1ccccc1. The minimum Gasteiger partial charge on any atom is -0.274 e. The van der Waals surface area contributed by atoms with Gasteiger partial charge in [-0.2, -0.15) is 8.78 Å². The van der Waals surface area contributed by atoms with Gasteiger partial charge >= 0.3 is 5.92 Å². The number of hydrogen-bond acceptors (Lipinski definition) is 2. The molecule has 0 radical (unpaired) electrons. The fraction of sp³-hybridized carbons (Fsp3) is 0.176. The Balaban J connectivity index is 2.25. The molecule has 3 rings (SSSR count). The lowest BCUT2D eigenvalue weighted by molar-refractivity contribution is -0.0192. The first kappa shape index (κ1) is 14.4. The van der Waals surface area contributed by atoms with E-state index in [4.69, 9.17) is 0 Å². The van der Waals surface area contributed by atoms with E-state index in [0.717, 1.165) is 5.56 Å². The fourth-order valence-corrected chi connectivity index (χ4v) is 2.28. The molecule has 0 aliphatic carbocycles. The highest BCUT2D eigenvalue weighted by molar-refractivity contribution is 5.58. The number of rotatable bonds is 4. The topological polar surface area (TPSA) is 30.7 Å². The molecule has 1 heterocycles. The molecule has 0 atom stereocenters. The Morgan fingerprint density at radius 3 is 2.09 bits per heavy atom. The van der Waals surface area contributed by atoms with Crippen molar-refractivity contribution in [2.75, 3.05) is 0 Å². The highest BCUT2D eigenvalue weighted by atomic mass is 19.3. The summed E-state index contributed by atoms with van der Waals surface area (Å²) in [7, 11) is 0. The van der Waals surface area contributed by atoms with Crippen LogP contribution in [0.3, 0.4) is 0 Å². The average Bonchev–Trinajstić information content (AvgIpc) is 3.02. The second-order valence-electron chi connectivity index (χ2n) is 4.94. The quantitative estimate of drug-likeness (QED) is 0.713. The van der Waals surface area contributed by atoms with Crippen LogP contribution in [0.4, 0.5) is 8.78 Å². The van der Waals surface area contributed by atoms with E-state index in [2.05, 4.69) is 10.2 Å². The van der Waals surface area contributed by atoms with Crippen LogP contribution in [-0.2, 0) is 5.92 Å². The third-order valence-electron chi connectivity index (χ3n) is 3.48. The Morgan fingerprint density at radius 2 is 1.50 bits per heavy atom. The fourth-order valence-electron chi connectivity index (χ4n) is 2.28. The molecule has 0 amide bonds. The summed E-state index contributed by atoms with van der Waals surface area (Å²) in [5.74, 6) is -2.95. The first-order chi connectivity index (χ1) is 10.6. The van der Waals surface area contributed by atoms with E-state index in [0.29, 0.717) is 11.5 Å². The molecule has 112 valence electrons. The van der Waals surface area contributed by atoms with Gasteiger partial charge in [0.2, 0.25) is 5.82 Å². The van der Waals surface area contributed by atoms with E-state index in [-0.39, 0.29) is 12.2 Å². The summed E-state index contributed by atoms with van der Waals surface area (Å²) in [6.45, 7) is 1.44. The molecule has 5 heteroatoms. The van der Waals surface area contributed by atoms with Gasteiger partial charge in [-0.05, 0) is 12.1 Å². The van der Waals surface area contributed by atoms with Gasteiger partial charge in [-0.15, -0.1) is 10.2 Å². The van der Waals surface area contributed by atoms with Crippen LogP contribution >= 0.6 is 0 Å². The van der Waals surface area contributed by atoms with Crippen LogP contribution in [0.5, 0.6) is 0 Å². The predicted molar refractivity (Wildman–Crippen MR) is 81.0 cm³/mol. The minimum absolute atomic E-state index is 0.327. The van der Waals surface area contributed by atoms with E-state index < -0.39 is 5.92 Å². The van der Waals surface area contributed by atoms with Crippen LogP contribution in [-0.4, -0.2) is 14.8 Å². The van der Waals surface area contributed by atoms with Crippen LogP contribution in [0.15, 0.2) is 60.7 Å². The number of hydrogen-bond donors (Lipinski definition) is 0. The van der Waals surface area contributed by atoms with Crippen molar-refractivity contribution in [2.24, 2.45) is 0 Å². The van der Waals surface area contributed by atoms with Crippen molar-refractivity contribution >= 4 is 0 Å². The van der Waals surface area contributed by atoms with E-state index in [9.17, 15) is 8.78 Å². The molecule has 0 aliphatic heterocycles. The van der Waals surface area contributed by atoms with Gasteiger partial charge in [-0.25, -0.2) is 0 Å². The average molecular weight is 299 g/mol. The van der Waals surface area contributed by atoms with Crippen molar-refractivity contribution in [1.82, 2.24) is 14.8 Å². The highest BCUT2D eigenvalue weighted by Gasteiger charge is 2.37. The van der Waals surface area contributed by atoms with Gasteiger partial charge in [0.25, 0.3) is 0 Å². The first-order valence-corrected chi connectivity index (χ1v) is 7.08. The molecule has 0 spiro atoms. The maximum atomic E-state index is 14.2. The van der Waals surface area contributed by atoms with Crippen LogP contribution in [0.2, 0.25) is 0 Å². The van der Waals surface area contributed by atoms with Crippen molar-refractivity contribution in [3.05, 3.63) is 66.5 Å². The zero-order valence-corrected chi connectivity index (χ0v) is 12.1. The van der Waals surface area contributed by atoms with Gasteiger partial charge in [-0.1, -0.05) is 55.5 Å². The van der Waals surface area contributed by atoms with Crippen LogP contribution in [0.25, 0.3) is 17.1 Å². The number of alkyl halides is 2. The second kappa shape index (κ2) is 5.67. The summed E-state index contributed by atoms with van der Waals surface area (Å²) in [4.78, 5) is 0. The Morgan fingerprint density at radius 1 is 0.909 bits per heavy atom. The largest absolute Gasteiger partial charge is 0.306 e. The summed E-state index contributed by atoms with van der Waals surface area (Å²) in [5.41, 5.74) is 1.37. The molecule has 1 aromatic heterocycles. The Labute approximate surface area is 127 Å². The molecule has 0 aliphatic rings. The smallest absolute Gasteiger partial charge is 0.274 e. The first-order valence-electron chi connectivity index (χ1n) is 7.08. The standard InChI is InChI=1S/C17H15F2N3/c1-2-17(18,19)16-21-20-15(13-9-5-3-6-10-13)22(16)14-11-7-4-8-12-14/h3-12H,2H2,1H3. The lowest BCUT2D eigenvalue weighted by atomic mass is 10.2. The van der Waals surface area contributed by atoms with Gasteiger partial charge in [0.1, 0.15) is 0 Å². The van der Waals surface area contributed by atoms with Gasteiger partial charge in [-0.3, -0.25) is 4.57 Å².